The molecule has 0 saturated heterocycles. The van der Waals surface area contributed by atoms with Gasteiger partial charge in [-0.25, -0.2) is 9.38 Å². The van der Waals surface area contributed by atoms with Crippen LogP contribution in [-0.2, 0) is 0 Å². The molecule has 0 saturated carbocycles. The Kier molecular flexibility index (Phi) is 4.37. The smallest absolute Gasteiger partial charge is 0.123 e. The van der Waals surface area contributed by atoms with Crippen molar-refractivity contribution < 1.29 is 4.39 Å². The summed E-state index contributed by atoms with van der Waals surface area (Å²) in [5, 5.41) is 0.728. The van der Waals surface area contributed by atoms with Gasteiger partial charge in [0.25, 0.3) is 0 Å². The van der Waals surface area contributed by atoms with Gasteiger partial charge in [0, 0.05) is 22.2 Å². The maximum Gasteiger partial charge on any atom is 0.123 e. The zero-order valence-corrected chi connectivity index (χ0v) is 13.7. The van der Waals surface area contributed by atoms with Crippen molar-refractivity contribution in [1.82, 2.24) is 4.98 Å². The lowest BCUT2D eigenvalue weighted by molar-refractivity contribution is 0.629. The van der Waals surface area contributed by atoms with Crippen molar-refractivity contribution in [2.75, 3.05) is 0 Å². The standard InChI is InChI=1S/C21H17FN2/c1-4-18(23-5-2)21-17-13-16(22)11-12-19(17)24-14(3)20(21)15-9-7-6-8-10-15/h4,6-13H,2H2,1,3H3/b18-4-. The zero-order valence-electron chi connectivity index (χ0n) is 13.7. The van der Waals surface area contributed by atoms with Crippen LogP contribution in [0.2, 0.25) is 0 Å². The minimum absolute atomic E-state index is 0.300. The van der Waals surface area contributed by atoms with Crippen molar-refractivity contribution in [1.29, 1.82) is 0 Å². The van der Waals surface area contributed by atoms with Gasteiger partial charge in [-0.3, -0.25) is 4.98 Å². The van der Waals surface area contributed by atoms with Gasteiger partial charge >= 0.3 is 0 Å². The predicted octanol–water partition coefficient (Wildman–Crippen LogP) is 5.57. The topological polar surface area (TPSA) is 25.2 Å². The van der Waals surface area contributed by atoms with Crippen LogP contribution >= 0.6 is 0 Å². The summed E-state index contributed by atoms with van der Waals surface area (Å²) in [7, 11) is 0. The van der Waals surface area contributed by atoms with Gasteiger partial charge < -0.3 is 0 Å². The third-order valence-electron chi connectivity index (χ3n) is 3.92. The van der Waals surface area contributed by atoms with Crippen LogP contribution in [0.5, 0.6) is 0 Å². The van der Waals surface area contributed by atoms with Gasteiger partial charge in [-0.15, -0.1) is 0 Å². The normalized spacial score (nSPS) is 11.4. The number of nitrogens with zero attached hydrogens (tertiary/aromatic N) is 2. The second-order valence-corrected chi connectivity index (χ2v) is 5.42. The number of benzene rings is 2. The van der Waals surface area contributed by atoms with Crippen LogP contribution in [0.1, 0.15) is 18.2 Å². The molecular weight excluding hydrogens is 299 g/mol. The Morgan fingerprint density at radius 3 is 2.62 bits per heavy atom. The summed E-state index contributed by atoms with van der Waals surface area (Å²) in [5.74, 6) is 2.29. The fraction of sp³-hybridized carbons (Fsp3) is 0.0952. The van der Waals surface area contributed by atoms with E-state index in [1.165, 1.54) is 12.1 Å². The average molecular weight is 316 g/mol. The van der Waals surface area contributed by atoms with Gasteiger partial charge in [0.1, 0.15) is 5.82 Å². The second-order valence-electron chi connectivity index (χ2n) is 5.42. The van der Waals surface area contributed by atoms with Gasteiger partial charge in [-0.1, -0.05) is 36.4 Å². The molecule has 3 heteroatoms. The largest absolute Gasteiger partial charge is 0.252 e. The molecular formula is C21H17FN2. The minimum Gasteiger partial charge on any atom is -0.252 e. The van der Waals surface area contributed by atoms with Gasteiger partial charge in [0.05, 0.1) is 11.2 Å². The summed E-state index contributed by atoms with van der Waals surface area (Å²) in [6.45, 7) is 7.43. The Morgan fingerprint density at radius 2 is 1.96 bits per heavy atom. The minimum atomic E-state index is -0.300. The molecule has 0 fully saturated rings. The molecule has 0 N–H and O–H groups in total. The Morgan fingerprint density at radius 1 is 1.21 bits per heavy atom. The summed E-state index contributed by atoms with van der Waals surface area (Å²) in [5.41, 5.74) is 5.12. The highest BCUT2D eigenvalue weighted by atomic mass is 19.1. The van der Waals surface area contributed by atoms with Gasteiger partial charge in [-0.2, -0.15) is 0 Å². The van der Waals surface area contributed by atoms with E-state index in [9.17, 15) is 4.39 Å². The summed E-state index contributed by atoms with van der Waals surface area (Å²) in [4.78, 5) is 8.93. The van der Waals surface area contributed by atoms with Crippen molar-refractivity contribution in [3.63, 3.8) is 0 Å². The molecule has 0 aliphatic heterocycles. The fourth-order valence-corrected chi connectivity index (χ4v) is 2.93. The van der Waals surface area contributed by atoms with E-state index in [0.29, 0.717) is 5.70 Å². The third-order valence-corrected chi connectivity index (χ3v) is 3.92. The van der Waals surface area contributed by atoms with E-state index < -0.39 is 0 Å². The van der Waals surface area contributed by atoms with E-state index in [0.717, 1.165) is 33.3 Å². The number of halogens is 1. The Labute approximate surface area is 140 Å². The lowest BCUT2D eigenvalue weighted by Crippen LogP contribution is -1.98. The summed E-state index contributed by atoms with van der Waals surface area (Å²) < 4.78 is 13.9. The molecule has 0 aliphatic carbocycles. The molecule has 0 radical (unpaired) electrons. The average Bonchev–Trinajstić information content (AvgIpc) is 2.60. The van der Waals surface area contributed by atoms with E-state index in [1.807, 2.05) is 50.3 Å². The number of aryl methyl sites for hydroxylation is 1. The molecule has 24 heavy (non-hydrogen) atoms. The van der Waals surface area contributed by atoms with Crippen LogP contribution in [0.3, 0.4) is 0 Å². The SMILES string of the molecule is C=C=N/C(=C\C)c1c(-c2ccccc2)c(C)nc2ccc(F)cc12. The van der Waals surface area contributed by atoms with E-state index in [2.05, 4.69) is 22.4 Å². The van der Waals surface area contributed by atoms with Crippen LogP contribution in [0, 0.1) is 12.7 Å². The molecule has 118 valence electrons. The molecule has 2 aromatic carbocycles. The molecule has 1 heterocycles. The number of hydrogen-bond donors (Lipinski definition) is 0. The van der Waals surface area contributed by atoms with Gasteiger partial charge in [0.15, 0.2) is 0 Å². The zero-order chi connectivity index (χ0) is 17.1. The number of aromatic nitrogens is 1. The first-order chi connectivity index (χ1) is 11.7. The highest BCUT2D eigenvalue weighted by Gasteiger charge is 2.17. The van der Waals surface area contributed by atoms with Crippen LogP contribution < -0.4 is 0 Å². The van der Waals surface area contributed by atoms with Crippen molar-refractivity contribution in [2.24, 2.45) is 4.99 Å². The first-order valence-corrected chi connectivity index (χ1v) is 7.70. The van der Waals surface area contributed by atoms with Crippen LogP contribution in [0.25, 0.3) is 27.7 Å². The highest BCUT2D eigenvalue weighted by Crippen LogP contribution is 2.37. The summed E-state index contributed by atoms with van der Waals surface area (Å²) in [6, 6.07) is 14.6. The monoisotopic (exact) mass is 316 g/mol. The fourth-order valence-electron chi connectivity index (χ4n) is 2.93. The number of hydrogen-bond acceptors (Lipinski definition) is 2. The van der Waals surface area contributed by atoms with Gasteiger partial charge in [0.2, 0.25) is 0 Å². The number of fused-ring (bicyclic) bond motifs is 1. The summed E-state index contributed by atoms with van der Waals surface area (Å²) >= 11 is 0. The lowest BCUT2D eigenvalue weighted by Gasteiger charge is -2.16. The Balaban J connectivity index is 2.50. The lowest BCUT2D eigenvalue weighted by atomic mass is 9.93. The number of pyridine rings is 1. The van der Waals surface area contributed by atoms with E-state index in [-0.39, 0.29) is 5.82 Å². The first-order valence-electron chi connectivity index (χ1n) is 7.70. The predicted molar refractivity (Wildman–Crippen MR) is 98.6 cm³/mol. The Hall–Kier alpha value is -3.03. The maximum atomic E-state index is 13.9. The molecule has 0 bridgehead atoms. The second kappa shape index (κ2) is 6.61. The molecule has 0 amide bonds. The third kappa shape index (κ3) is 2.78. The quantitative estimate of drug-likeness (QED) is 0.580. The van der Waals surface area contributed by atoms with Crippen molar-refractivity contribution >= 4 is 22.5 Å². The molecule has 3 aromatic rings. The molecule has 3 rings (SSSR count). The van der Waals surface area contributed by atoms with E-state index in [4.69, 9.17) is 0 Å². The van der Waals surface area contributed by atoms with Crippen molar-refractivity contribution in [3.8, 4) is 11.1 Å². The van der Waals surface area contributed by atoms with Crippen LogP contribution in [0.4, 0.5) is 4.39 Å². The molecule has 0 aliphatic rings. The van der Waals surface area contributed by atoms with E-state index >= 15 is 0 Å². The highest BCUT2D eigenvalue weighted by molar-refractivity contribution is 6.00. The maximum absolute atomic E-state index is 13.9. The molecule has 0 unspecified atom stereocenters. The molecule has 1 aromatic heterocycles. The summed E-state index contributed by atoms with van der Waals surface area (Å²) in [6.07, 6.45) is 1.88. The molecule has 0 atom stereocenters. The van der Waals surface area contributed by atoms with Gasteiger partial charge in [-0.05, 0) is 50.1 Å². The Bertz CT molecular complexity index is 982. The van der Waals surface area contributed by atoms with Crippen molar-refractivity contribution in [2.45, 2.75) is 13.8 Å². The van der Waals surface area contributed by atoms with Crippen LogP contribution in [0.15, 0.2) is 66.2 Å². The van der Waals surface area contributed by atoms with E-state index in [1.54, 1.807) is 6.07 Å². The van der Waals surface area contributed by atoms with Crippen LogP contribution in [-0.4, -0.2) is 10.9 Å². The van der Waals surface area contributed by atoms with Crippen molar-refractivity contribution in [3.05, 3.63) is 78.3 Å². The first kappa shape index (κ1) is 15.9. The number of rotatable bonds is 3. The number of aliphatic imine (C=N–C) groups is 1. The molecule has 2 nitrogen and oxygen atoms in total. The number of allylic oxidation sites excluding steroid dienone is 1. The molecule has 0 spiro atoms.